The molecule has 2 heterocycles. The van der Waals surface area contributed by atoms with Gasteiger partial charge in [0.2, 0.25) is 0 Å². The van der Waals surface area contributed by atoms with Gasteiger partial charge < -0.3 is 14.6 Å². The van der Waals surface area contributed by atoms with Gasteiger partial charge in [-0.2, -0.15) is 0 Å². The number of imidazole rings is 1. The van der Waals surface area contributed by atoms with E-state index in [1.54, 1.807) is 11.1 Å². The van der Waals surface area contributed by atoms with E-state index in [-0.39, 0.29) is 19.1 Å². The summed E-state index contributed by atoms with van der Waals surface area (Å²) in [5.41, 5.74) is 1.59. The van der Waals surface area contributed by atoms with Crippen molar-refractivity contribution >= 4 is 5.97 Å². The molecule has 0 spiro atoms. The number of hydrogen-bond acceptors (Lipinski definition) is 4. The zero-order valence-corrected chi connectivity index (χ0v) is 9.57. The number of alkyl halides is 1. The molecule has 1 aliphatic heterocycles. The van der Waals surface area contributed by atoms with Crippen LogP contribution in [0, 0.1) is 6.92 Å². The molecule has 1 aromatic rings. The second-order valence-corrected chi connectivity index (χ2v) is 3.85. The fourth-order valence-corrected chi connectivity index (χ4v) is 1.73. The Morgan fingerprint density at radius 3 is 3.00 bits per heavy atom. The van der Waals surface area contributed by atoms with Gasteiger partial charge in [-0.3, -0.25) is 0 Å². The van der Waals surface area contributed by atoms with Gasteiger partial charge in [-0.05, 0) is 6.92 Å². The van der Waals surface area contributed by atoms with E-state index in [0.29, 0.717) is 12.2 Å². The molecule has 17 heavy (non-hydrogen) atoms. The van der Waals surface area contributed by atoms with Crippen LogP contribution in [0.5, 0.6) is 0 Å². The molecule has 5 nitrogen and oxygen atoms in total. The highest BCUT2D eigenvalue weighted by Crippen LogP contribution is 2.15. The average Bonchev–Trinajstić information content (AvgIpc) is 2.87. The Bertz CT molecular complexity index is 442. The van der Waals surface area contributed by atoms with Gasteiger partial charge in [-0.25, -0.2) is 14.2 Å². The van der Waals surface area contributed by atoms with Crippen molar-refractivity contribution in [2.45, 2.75) is 13.5 Å². The predicted molar refractivity (Wildman–Crippen MR) is 58.8 cm³/mol. The number of halogens is 1. The molecule has 0 unspecified atom stereocenters. The molecular weight excluding hydrogens is 225 g/mol. The summed E-state index contributed by atoms with van der Waals surface area (Å²) in [7, 11) is 0. The van der Waals surface area contributed by atoms with E-state index in [2.05, 4.69) is 9.97 Å². The molecule has 0 aliphatic carbocycles. The molecule has 6 heteroatoms. The second kappa shape index (κ2) is 4.99. The molecule has 0 saturated carbocycles. The summed E-state index contributed by atoms with van der Waals surface area (Å²) in [6, 6.07) is 0. The number of nitrogens with zero attached hydrogens (tertiary/aromatic N) is 2. The van der Waals surface area contributed by atoms with Crippen LogP contribution in [0.4, 0.5) is 4.39 Å². The number of H-pyrrole nitrogens is 1. The van der Waals surface area contributed by atoms with Gasteiger partial charge in [0.15, 0.2) is 0 Å². The lowest BCUT2D eigenvalue weighted by Gasteiger charge is -2.22. The molecule has 92 valence electrons. The van der Waals surface area contributed by atoms with Gasteiger partial charge in [-0.1, -0.05) is 0 Å². The standard InChI is InChI=1S/C11H14FN3O2/c1-8-13-5-9(14-8)6-15(3-2-12)10-4-11(16)17-7-10/h4-5H,2-3,6-7H2,1H3,(H,13,14). The molecular formula is C11H14FN3O2. The minimum Gasteiger partial charge on any atom is -0.456 e. The van der Waals surface area contributed by atoms with Crippen molar-refractivity contribution in [2.75, 3.05) is 19.8 Å². The minimum atomic E-state index is -0.474. The number of carbonyl (C=O) groups is 1. The summed E-state index contributed by atoms with van der Waals surface area (Å²) in [4.78, 5) is 19.9. The first-order valence-electron chi connectivity index (χ1n) is 5.38. The zero-order chi connectivity index (χ0) is 12.3. The predicted octanol–water partition coefficient (Wildman–Crippen LogP) is 0.930. The van der Waals surface area contributed by atoms with Crippen molar-refractivity contribution in [3.63, 3.8) is 0 Å². The minimum absolute atomic E-state index is 0.214. The van der Waals surface area contributed by atoms with Crippen molar-refractivity contribution in [1.82, 2.24) is 14.9 Å². The topological polar surface area (TPSA) is 58.2 Å². The van der Waals surface area contributed by atoms with Crippen LogP contribution >= 0.6 is 0 Å². The third-order valence-electron chi connectivity index (χ3n) is 2.52. The van der Waals surface area contributed by atoms with Crippen molar-refractivity contribution in [1.29, 1.82) is 0 Å². The molecule has 0 aromatic carbocycles. The van der Waals surface area contributed by atoms with E-state index in [0.717, 1.165) is 11.5 Å². The lowest BCUT2D eigenvalue weighted by molar-refractivity contribution is -0.135. The molecule has 1 aliphatic rings. The number of aryl methyl sites for hydroxylation is 1. The first kappa shape index (κ1) is 11.6. The van der Waals surface area contributed by atoms with Gasteiger partial charge in [0.05, 0.1) is 24.1 Å². The lowest BCUT2D eigenvalue weighted by atomic mass is 10.3. The first-order valence-corrected chi connectivity index (χ1v) is 5.38. The molecule has 2 rings (SSSR count). The fraction of sp³-hybridized carbons (Fsp3) is 0.455. The highest BCUT2D eigenvalue weighted by Gasteiger charge is 2.19. The largest absolute Gasteiger partial charge is 0.456 e. The van der Waals surface area contributed by atoms with Gasteiger partial charge >= 0.3 is 5.97 Å². The van der Waals surface area contributed by atoms with Crippen molar-refractivity contribution in [2.24, 2.45) is 0 Å². The van der Waals surface area contributed by atoms with Crippen molar-refractivity contribution < 1.29 is 13.9 Å². The van der Waals surface area contributed by atoms with Gasteiger partial charge in [0.25, 0.3) is 0 Å². The Kier molecular flexibility index (Phi) is 3.41. The average molecular weight is 239 g/mol. The van der Waals surface area contributed by atoms with Gasteiger partial charge in [-0.15, -0.1) is 0 Å². The highest BCUT2D eigenvalue weighted by atomic mass is 19.1. The van der Waals surface area contributed by atoms with Crippen LogP contribution in [0.15, 0.2) is 18.0 Å². The van der Waals surface area contributed by atoms with Crippen LogP contribution in [0.1, 0.15) is 11.5 Å². The van der Waals surface area contributed by atoms with Gasteiger partial charge in [0.1, 0.15) is 19.1 Å². The van der Waals surface area contributed by atoms with Crippen LogP contribution in [-0.4, -0.2) is 40.7 Å². The van der Waals surface area contributed by atoms with E-state index in [4.69, 9.17) is 4.74 Å². The Morgan fingerprint density at radius 1 is 1.65 bits per heavy atom. The number of aromatic amines is 1. The monoisotopic (exact) mass is 239 g/mol. The molecule has 1 N–H and O–H groups in total. The number of hydrogen-bond donors (Lipinski definition) is 1. The molecule has 0 bridgehead atoms. The Balaban J connectivity index is 2.07. The van der Waals surface area contributed by atoms with Crippen molar-refractivity contribution in [3.05, 3.63) is 29.5 Å². The molecule has 0 fully saturated rings. The van der Waals surface area contributed by atoms with E-state index in [1.165, 1.54) is 6.08 Å². The third-order valence-corrected chi connectivity index (χ3v) is 2.52. The van der Waals surface area contributed by atoms with Crippen LogP contribution in [0.25, 0.3) is 0 Å². The number of ether oxygens (including phenoxy) is 1. The summed E-state index contributed by atoms with van der Waals surface area (Å²) in [5, 5.41) is 0. The first-order chi connectivity index (χ1) is 8.19. The smallest absolute Gasteiger partial charge is 0.333 e. The quantitative estimate of drug-likeness (QED) is 0.777. The number of nitrogens with one attached hydrogen (secondary N) is 1. The van der Waals surface area contributed by atoms with Crippen molar-refractivity contribution in [3.8, 4) is 0 Å². The molecule has 0 amide bonds. The Morgan fingerprint density at radius 2 is 2.47 bits per heavy atom. The fourth-order valence-electron chi connectivity index (χ4n) is 1.73. The molecule has 0 atom stereocenters. The van der Waals surface area contributed by atoms with Crippen LogP contribution < -0.4 is 0 Å². The summed E-state index contributed by atoms with van der Waals surface area (Å²) in [5.74, 6) is 0.442. The highest BCUT2D eigenvalue weighted by molar-refractivity contribution is 5.85. The number of cyclic esters (lactones) is 1. The Labute approximate surface area is 98.3 Å². The SMILES string of the molecule is Cc1ncc(CN(CCF)C2=CC(=O)OC2)[nH]1. The zero-order valence-electron chi connectivity index (χ0n) is 9.57. The number of carbonyl (C=O) groups excluding carboxylic acids is 1. The number of aromatic nitrogens is 2. The maximum absolute atomic E-state index is 12.5. The Hall–Kier alpha value is -1.85. The van der Waals surface area contributed by atoms with E-state index in [9.17, 15) is 9.18 Å². The summed E-state index contributed by atoms with van der Waals surface area (Å²) in [6.07, 6.45) is 3.11. The maximum atomic E-state index is 12.5. The summed E-state index contributed by atoms with van der Waals surface area (Å²) >= 11 is 0. The van der Waals surface area contributed by atoms with E-state index < -0.39 is 6.67 Å². The van der Waals surface area contributed by atoms with Crippen LogP contribution in [0.3, 0.4) is 0 Å². The van der Waals surface area contributed by atoms with E-state index >= 15 is 0 Å². The molecule has 0 radical (unpaired) electrons. The summed E-state index contributed by atoms with van der Waals surface area (Å²) in [6.45, 7) is 2.32. The maximum Gasteiger partial charge on any atom is 0.333 e. The van der Waals surface area contributed by atoms with Crippen LogP contribution in [0.2, 0.25) is 0 Å². The van der Waals surface area contributed by atoms with Crippen LogP contribution in [-0.2, 0) is 16.1 Å². The number of esters is 1. The molecule has 0 saturated heterocycles. The molecule has 1 aromatic heterocycles. The van der Waals surface area contributed by atoms with Gasteiger partial charge in [0, 0.05) is 12.6 Å². The second-order valence-electron chi connectivity index (χ2n) is 3.85. The number of rotatable bonds is 5. The lowest BCUT2D eigenvalue weighted by Crippen LogP contribution is -2.26. The third kappa shape index (κ3) is 2.83. The normalized spacial score (nSPS) is 14.7. The summed E-state index contributed by atoms with van der Waals surface area (Å²) < 4.78 is 17.3. The van der Waals surface area contributed by atoms with E-state index in [1.807, 2.05) is 6.92 Å².